The summed E-state index contributed by atoms with van der Waals surface area (Å²) >= 11 is 0. The Hall–Kier alpha value is -2.84. The molecule has 2 aromatic heterocycles. The van der Waals surface area contributed by atoms with Crippen molar-refractivity contribution in [3.63, 3.8) is 0 Å². The quantitative estimate of drug-likeness (QED) is 0.312. The molecule has 26 heavy (non-hydrogen) atoms. The molecule has 8 heteroatoms. The summed E-state index contributed by atoms with van der Waals surface area (Å²) in [4.78, 5) is 21.5. The van der Waals surface area contributed by atoms with Crippen molar-refractivity contribution in [1.29, 1.82) is 0 Å². The SMILES string of the molecule is O=C(O)C[n+]1cccc(CNCCNCc2ccc[n+](CC(=O)O)c2)c1. The molecule has 2 aromatic rings. The van der Waals surface area contributed by atoms with E-state index in [1.165, 1.54) is 0 Å². The van der Waals surface area contributed by atoms with E-state index in [1.807, 2.05) is 36.7 Å². The van der Waals surface area contributed by atoms with Gasteiger partial charge in [-0.25, -0.2) is 9.59 Å². The number of nitrogens with one attached hydrogen (secondary N) is 2. The van der Waals surface area contributed by atoms with Crippen molar-refractivity contribution in [2.75, 3.05) is 13.1 Å². The normalized spacial score (nSPS) is 10.6. The van der Waals surface area contributed by atoms with Gasteiger partial charge in [0.2, 0.25) is 13.1 Å². The second-order valence-corrected chi connectivity index (χ2v) is 5.91. The maximum absolute atomic E-state index is 10.7. The largest absolute Gasteiger partial charge is 0.477 e. The van der Waals surface area contributed by atoms with Crippen LogP contribution in [0.5, 0.6) is 0 Å². The van der Waals surface area contributed by atoms with Gasteiger partial charge < -0.3 is 20.8 Å². The third kappa shape index (κ3) is 7.37. The van der Waals surface area contributed by atoms with Crippen LogP contribution >= 0.6 is 0 Å². The minimum absolute atomic E-state index is 0.0473. The number of rotatable bonds is 11. The Morgan fingerprint density at radius 1 is 0.808 bits per heavy atom. The zero-order valence-corrected chi connectivity index (χ0v) is 14.5. The summed E-state index contributed by atoms with van der Waals surface area (Å²) in [7, 11) is 0. The van der Waals surface area contributed by atoms with Gasteiger partial charge >= 0.3 is 11.9 Å². The zero-order chi connectivity index (χ0) is 18.8. The maximum Gasteiger partial charge on any atom is 0.370 e. The molecule has 138 valence electrons. The number of carboxylic acids is 2. The molecule has 0 spiro atoms. The Labute approximate surface area is 151 Å². The number of hydrogen-bond donors (Lipinski definition) is 4. The van der Waals surface area contributed by atoms with Gasteiger partial charge in [-0.2, -0.15) is 9.13 Å². The van der Waals surface area contributed by atoms with Gasteiger partial charge in [-0.1, -0.05) is 0 Å². The highest BCUT2D eigenvalue weighted by molar-refractivity contribution is 5.65. The van der Waals surface area contributed by atoms with Gasteiger partial charge in [0.15, 0.2) is 24.8 Å². The van der Waals surface area contributed by atoms with Crippen molar-refractivity contribution in [1.82, 2.24) is 10.6 Å². The predicted molar refractivity (Wildman–Crippen MR) is 92.0 cm³/mol. The minimum atomic E-state index is -0.866. The van der Waals surface area contributed by atoms with Crippen LogP contribution in [0, 0.1) is 0 Å². The van der Waals surface area contributed by atoms with Crippen molar-refractivity contribution in [3.8, 4) is 0 Å². The Bertz CT molecular complexity index is 688. The van der Waals surface area contributed by atoms with E-state index >= 15 is 0 Å². The van der Waals surface area contributed by atoms with E-state index in [4.69, 9.17) is 10.2 Å². The Morgan fingerprint density at radius 3 is 1.62 bits per heavy atom. The molecular formula is C18H24N4O4+2. The van der Waals surface area contributed by atoms with Gasteiger partial charge in [0.25, 0.3) is 0 Å². The van der Waals surface area contributed by atoms with Crippen LogP contribution in [-0.4, -0.2) is 35.2 Å². The molecule has 2 rings (SSSR count). The molecule has 0 fully saturated rings. The fraction of sp³-hybridized carbons (Fsp3) is 0.333. The molecule has 0 aliphatic carbocycles. The minimum Gasteiger partial charge on any atom is -0.477 e. The number of carboxylic acid groups (broad SMARTS) is 2. The Morgan fingerprint density at radius 2 is 1.23 bits per heavy atom. The first-order valence-electron chi connectivity index (χ1n) is 8.34. The lowest BCUT2D eigenvalue weighted by Gasteiger charge is -2.06. The maximum atomic E-state index is 10.7. The van der Waals surface area contributed by atoms with Crippen LogP contribution in [0.25, 0.3) is 0 Å². The monoisotopic (exact) mass is 360 g/mol. The van der Waals surface area contributed by atoms with Crippen molar-refractivity contribution >= 4 is 11.9 Å². The number of nitrogens with zero attached hydrogens (tertiary/aromatic N) is 2. The second kappa shape index (κ2) is 10.2. The molecule has 0 aliphatic rings. The summed E-state index contributed by atoms with van der Waals surface area (Å²) in [5, 5.41) is 24.2. The van der Waals surface area contributed by atoms with Gasteiger partial charge in [-0.3, -0.25) is 0 Å². The van der Waals surface area contributed by atoms with E-state index in [0.29, 0.717) is 13.1 Å². The molecule has 0 unspecified atom stereocenters. The van der Waals surface area contributed by atoms with E-state index in [2.05, 4.69) is 10.6 Å². The predicted octanol–water partition coefficient (Wildman–Crippen LogP) is -0.690. The molecule has 0 saturated carbocycles. The summed E-state index contributed by atoms with van der Waals surface area (Å²) in [5.41, 5.74) is 2.04. The number of carbonyl (C=O) groups is 2. The standard InChI is InChI=1S/C18H22N4O4/c23-17(24)13-21-7-1-3-15(11-21)9-19-5-6-20-10-16-4-2-8-22(12-16)14-18(25)26/h1-4,7-8,11-12,19-20H,5-6,9-10,13-14H2/p+2. The lowest BCUT2D eigenvalue weighted by Crippen LogP contribution is -2.38. The fourth-order valence-electron chi connectivity index (χ4n) is 2.51. The lowest BCUT2D eigenvalue weighted by atomic mass is 10.2. The van der Waals surface area contributed by atoms with E-state index in [-0.39, 0.29) is 13.1 Å². The van der Waals surface area contributed by atoms with Crippen molar-refractivity contribution < 1.29 is 28.9 Å². The number of pyridine rings is 2. The summed E-state index contributed by atoms with van der Waals surface area (Å²) in [6.07, 6.45) is 7.10. The van der Waals surface area contributed by atoms with Crippen LogP contribution in [0.3, 0.4) is 0 Å². The number of aliphatic carboxylic acids is 2. The van der Waals surface area contributed by atoms with E-state index in [1.54, 1.807) is 21.5 Å². The summed E-state index contributed by atoms with van der Waals surface area (Å²) in [5.74, 6) is -1.73. The smallest absolute Gasteiger partial charge is 0.370 e. The number of aromatic nitrogens is 2. The molecule has 8 nitrogen and oxygen atoms in total. The average molecular weight is 360 g/mol. The Kier molecular flexibility index (Phi) is 7.66. The van der Waals surface area contributed by atoms with Gasteiger partial charge in [0.1, 0.15) is 0 Å². The average Bonchev–Trinajstić information content (AvgIpc) is 2.57. The van der Waals surface area contributed by atoms with Crippen LogP contribution in [-0.2, 0) is 35.8 Å². The van der Waals surface area contributed by atoms with Gasteiger partial charge in [0, 0.05) is 49.4 Å². The summed E-state index contributed by atoms with van der Waals surface area (Å²) < 4.78 is 3.28. The summed E-state index contributed by atoms with van der Waals surface area (Å²) in [6.45, 7) is 2.74. The topological polar surface area (TPSA) is 106 Å². The van der Waals surface area contributed by atoms with Crippen LogP contribution in [0.1, 0.15) is 11.1 Å². The molecule has 0 amide bonds. The third-order valence-electron chi connectivity index (χ3n) is 3.61. The molecule has 0 aliphatic heterocycles. The van der Waals surface area contributed by atoms with E-state index in [0.717, 1.165) is 24.2 Å². The van der Waals surface area contributed by atoms with Crippen molar-refractivity contribution in [2.24, 2.45) is 0 Å². The summed E-state index contributed by atoms with van der Waals surface area (Å²) in [6, 6.07) is 7.56. The van der Waals surface area contributed by atoms with Gasteiger partial charge in [-0.05, 0) is 12.1 Å². The lowest BCUT2D eigenvalue weighted by molar-refractivity contribution is -0.686. The first kappa shape index (κ1) is 19.5. The second-order valence-electron chi connectivity index (χ2n) is 5.91. The molecule has 0 saturated heterocycles. The van der Waals surface area contributed by atoms with Crippen LogP contribution in [0.2, 0.25) is 0 Å². The van der Waals surface area contributed by atoms with Crippen LogP contribution < -0.4 is 19.8 Å². The first-order chi connectivity index (χ1) is 12.5. The molecule has 4 N–H and O–H groups in total. The van der Waals surface area contributed by atoms with Crippen molar-refractivity contribution in [3.05, 3.63) is 60.2 Å². The van der Waals surface area contributed by atoms with Crippen LogP contribution in [0.4, 0.5) is 0 Å². The molecular weight excluding hydrogens is 336 g/mol. The molecule has 0 atom stereocenters. The zero-order valence-electron chi connectivity index (χ0n) is 14.5. The van der Waals surface area contributed by atoms with E-state index < -0.39 is 11.9 Å². The highest BCUT2D eigenvalue weighted by Crippen LogP contribution is 1.94. The highest BCUT2D eigenvalue weighted by Gasteiger charge is 2.08. The molecule has 0 aromatic carbocycles. The van der Waals surface area contributed by atoms with Gasteiger partial charge in [-0.15, -0.1) is 0 Å². The molecule has 0 bridgehead atoms. The van der Waals surface area contributed by atoms with Crippen LogP contribution in [0.15, 0.2) is 49.1 Å². The van der Waals surface area contributed by atoms with Crippen molar-refractivity contribution in [2.45, 2.75) is 26.2 Å². The highest BCUT2D eigenvalue weighted by atomic mass is 16.4. The van der Waals surface area contributed by atoms with E-state index in [9.17, 15) is 9.59 Å². The fourth-order valence-corrected chi connectivity index (χ4v) is 2.51. The third-order valence-corrected chi connectivity index (χ3v) is 3.61. The molecule has 0 radical (unpaired) electrons. The molecule has 2 heterocycles. The first-order valence-corrected chi connectivity index (χ1v) is 8.34. The number of hydrogen-bond acceptors (Lipinski definition) is 4. The van der Waals surface area contributed by atoms with Gasteiger partial charge in [0.05, 0.1) is 0 Å². The Balaban J connectivity index is 1.67.